The summed E-state index contributed by atoms with van der Waals surface area (Å²) in [6.07, 6.45) is 7.76. The molecule has 0 aromatic rings. The van der Waals surface area contributed by atoms with Gasteiger partial charge >= 0.3 is 23.9 Å². The second-order valence-electron chi connectivity index (χ2n) is 25.0. The second kappa shape index (κ2) is 14.1. The molecule has 350 valence electrons. The Morgan fingerprint density at radius 1 is 0.703 bits per heavy atom. The van der Waals surface area contributed by atoms with Crippen molar-refractivity contribution in [3.8, 4) is 0 Å². The van der Waals surface area contributed by atoms with Crippen molar-refractivity contribution >= 4 is 30.2 Å². The van der Waals surface area contributed by atoms with Gasteiger partial charge in [-0.2, -0.15) is 0 Å². The third-order valence-corrected chi connectivity index (χ3v) is 21.4. The minimum atomic E-state index is -0.575. The van der Waals surface area contributed by atoms with Gasteiger partial charge in [0.25, 0.3) is 0 Å². The van der Waals surface area contributed by atoms with Crippen molar-refractivity contribution in [1.82, 2.24) is 0 Å². The Bertz CT molecular complexity index is 2020. The summed E-state index contributed by atoms with van der Waals surface area (Å²) in [5.74, 6) is 1.95. The fourth-order valence-electron chi connectivity index (χ4n) is 19.5. The number of carbonyl (C=O) groups excluding carboxylic acids is 5. The normalized spacial score (nSPS) is 58.1. The maximum atomic E-state index is 13.7. The number of ether oxygens (including phenoxy) is 7. The number of carbonyl (C=O) groups is 5. The van der Waals surface area contributed by atoms with E-state index in [-0.39, 0.29) is 133 Å². The van der Waals surface area contributed by atoms with Crippen LogP contribution in [0.4, 0.5) is 0 Å². The van der Waals surface area contributed by atoms with Crippen molar-refractivity contribution in [2.24, 2.45) is 124 Å². The molecule has 13 rings (SSSR count). The molecule has 1 N–H and O–H groups in total. The molecule has 13 heteroatoms. The minimum Gasteiger partial charge on any atom is -0.463 e. The van der Waals surface area contributed by atoms with Gasteiger partial charge < -0.3 is 43.1 Å². The van der Waals surface area contributed by atoms with Crippen LogP contribution < -0.4 is 0 Å². The molecule has 0 radical (unpaired) electrons. The number of hydrogen-bond donors (Lipinski definition) is 1. The molecule has 64 heavy (non-hydrogen) atoms. The van der Waals surface area contributed by atoms with Crippen molar-refractivity contribution < 1.29 is 62.2 Å². The van der Waals surface area contributed by atoms with E-state index in [0.717, 1.165) is 44.8 Å². The molecule has 29 atom stereocenters. The highest BCUT2D eigenvalue weighted by Crippen LogP contribution is 2.73. The van der Waals surface area contributed by atoms with Gasteiger partial charge in [0.15, 0.2) is 0 Å². The molecule has 12 bridgehead atoms. The van der Waals surface area contributed by atoms with Crippen LogP contribution in [0.25, 0.3) is 0 Å². The van der Waals surface area contributed by atoms with E-state index in [1.807, 2.05) is 27.7 Å². The third-order valence-electron chi connectivity index (χ3n) is 21.4. The smallest absolute Gasteiger partial charge is 0.317 e. The van der Waals surface area contributed by atoms with E-state index in [2.05, 4.69) is 6.92 Å². The lowest BCUT2D eigenvalue weighted by atomic mass is 9.53. The number of rotatable bonds is 11. The number of hydrogen-bond acceptors (Lipinski definition) is 13. The van der Waals surface area contributed by atoms with Crippen molar-refractivity contribution in [3.63, 3.8) is 0 Å². The molecule has 29 unspecified atom stereocenters. The Morgan fingerprint density at radius 3 is 1.86 bits per heavy atom. The molecule has 13 aliphatic rings. The van der Waals surface area contributed by atoms with E-state index in [9.17, 15) is 29.1 Å². The van der Waals surface area contributed by atoms with E-state index in [0.29, 0.717) is 60.2 Å². The highest BCUT2D eigenvalue weighted by atomic mass is 16.6. The first-order valence-corrected chi connectivity index (χ1v) is 25.4. The van der Waals surface area contributed by atoms with Gasteiger partial charge in [-0.1, -0.05) is 20.8 Å². The van der Waals surface area contributed by atoms with Crippen LogP contribution in [0, 0.1) is 124 Å². The second-order valence-corrected chi connectivity index (χ2v) is 25.0. The van der Waals surface area contributed by atoms with Gasteiger partial charge in [0.05, 0.1) is 84.5 Å². The van der Waals surface area contributed by atoms with Crippen LogP contribution in [0.1, 0.15) is 92.9 Å². The van der Waals surface area contributed by atoms with Gasteiger partial charge in [0, 0.05) is 11.8 Å². The number of aldehydes is 1. The van der Waals surface area contributed by atoms with Gasteiger partial charge in [0.1, 0.15) is 18.5 Å². The van der Waals surface area contributed by atoms with Crippen LogP contribution >= 0.6 is 0 Å². The first kappa shape index (κ1) is 41.7. The Morgan fingerprint density at radius 2 is 1.25 bits per heavy atom. The molecule has 9 saturated heterocycles. The first-order valence-electron chi connectivity index (χ1n) is 25.4. The maximum absolute atomic E-state index is 13.7. The predicted octanol–water partition coefficient (Wildman–Crippen LogP) is 4.82. The van der Waals surface area contributed by atoms with Gasteiger partial charge in [-0.25, -0.2) is 0 Å². The molecule has 4 saturated carbocycles. The molecular weight excluding hydrogens is 821 g/mol. The number of aliphatic hydroxyl groups is 1. The van der Waals surface area contributed by atoms with Gasteiger partial charge in [-0.3, -0.25) is 19.2 Å². The fraction of sp³-hybridized carbons (Fsp3) is 0.902. The van der Waals surface area contributed by atoms with E-state index >= 15 is 0 Å². The summed E-state index contributed by atoms with van der Waals surface area (Å²) in [4.78, 5) is 65.8. The van der Waals surface area contributed by atoms with Gasteiger partial charge in [-0.05, 0) is 155 Å². The molecular formula is C51H68O13. The molecule has 13 fully saturated rings. The first-order chi connectivity index (χ1) is 30.6. The van der Waals surface area contributed by atoms with Gasteiger partial charge in [0.2, 0.25) is 0 Å². The average Bonchev–Trinajstić information content (AvgIpc) is 4.09. The van der Waals surface area contributed by atoms with E-state index in [4.69, 9.17) is 33.2 Å². The summed E-state index contributed by atoms with van der Waals surface area (Å²) in [5, 5.41) is 9.48. The zero-order valence-electron chi connectivity index (χ0n) is 38.2. The maximum Gasteiger partial charge on any atom is 0.317 e. The summed E-state index contributed by atoms with van der Waals surface area (Å²) in [6.45, 7) is 11.9. The zero-order valence-corrected chi connectivity index (χ0v) is 38.2. The Labute approximate surface area is 375 Å². The lowest BCUT2D eigenvalue weighted by Crippen LogP contribution is -2.53. The molecule has 9 aliphatic heterocycles. The number of esters is 4. The quantitative estimate of drug-likeness (QED) is 0.130. The number of fused-ring (bicyclic) bond motifs is 27. The summed E-state index contributed by atoms with van der Waals surface area (Å²) < 4.78 is 45.1. The summed E-state index contributed by atoms with van der Waals surface area (Å²) in [7, 11) is 0. The van der Waals surface area contributed by atoms with E-state index in [1.165, 1.54) is 0 Å². The molecule has 0 aromatic heterocycles. The molecule has 9 heterocycles. The lowest BCUT2D eigenvalue weighted by molar-refractivity contribution is -0.163. The van der Waals surface area contributed by atoms with E-state index in [1.54, 1.807) is 6.92 Å². The van der Waals surface area contributed by atoms with Crippen LogP contribution in [0.15, 0.2) is 0 Å². The molecule has 0 amide bonds. The van der Waals surface area contributed by atoms with Crippen molar-refractivity contribution in [2.45, 2.75) is 147 Å². The molecule has 13 nitrogen and oxygen atoms in total. The molecule has 0 aromatic carbocycles. The minimum absolute atomic E-state index is 0.0165. The lowest BCUT2D eigenvalue weighted by Gasteiger charge is -2.47. The van der Waals surface area contributed by atoms with Crippen LogP contribution in [-0.4, -0.2) is 103 Å². The van der Waals surface area contributed by atoms with Crippen molar-refractivity contribution in [1.29, 1.82) is 0 Å². The largest absolute Gasteiger partial charge is 0.463 e. The van der Waals surface area contributed by atoms with Crippen LogP contribution in [0.3, 0.4) is 0 Å². The Balaban J connectivity index is 0.826. The fourth-order valence-corrected chi connectivity index (χ4v) is 19.5. The van der Waals surface area contributed by atoms with Crippen LogP contribution in [0.5, 0.6) is 0 Å². The SMILES string of the molecule is CC1C(=O)OC(=O)C1CC1C(CC2C(CC3C(C)C4OC3C3C5CC(CC5C(=O)OC(C)(C)C)C43)C3OC2C2C4CC(CC4C(=O)OCCO)C32)C2OC1C1C2C2CC(C)(C=O)C1O2. The van der Waals surface area contributed by atoms with Gasteiger partial charge in [-0.15, -0.1) is 0 Å². The van der Waals surface area contributed by atoms with Crippen molar-refractivity contribution in [3.05, 3.63) is 0 Å². The standard InChI is InChI=1S/C51H68O13/c1-18-22(40-35-25-9-20(33(35)39(18)60-40)12-31(25)49(57)64-50(3,4)5)13-26-28(42-36-24-10-21(34(36)41(26)61-42)11-30(24)47(55)58-8-7-52)15-29-27(14-23-19(2)46(54)63-48(23)56)44-38-37(43(29)62-44)32-16-51(6,17-53)45(38)59-32/h17-45,52H,7-16H2,1-6H3. The average molecular weight is 889 g/mol. The third kappa shape index (κ3) is 5.51. The topological polar surface area (TPSA) is 170 Å². The molecule has 0 spiro atoms. The zero-order chi connectivity index (χ0) is 44.2. The van der Waals surface area contributed by atoms with Crippen molar-refractivity contribution in [2.75, 3.05) is 13.2 Å². The summed E-state index contributed by atoms with van der Waals surface area (Å²) in [5.41, 5.74) is -1.09. The van der Waals surface area contributed by atoms with E-state index < -0.39 is 34.8 Å². The molecule has 4 aliphatic carbocycles. The Kier molecular flexibility index (Phi) is 9.17. The predicted molar refractivity (Wildman–Crippen MR) is 222 cm³/mol. The number of aliphatic hydroxyl groups excluding tert-OH is 1. The van der Waals surface area contributed by atoms with Crippen LogP contribution in [-0.2, 0) is 57.1 Å². The summed E-state index contributed by atoms with van der Waals surface area (Å²) >= 11 is 0. The van der Waals surface area contributed by atoms with Crippen LogP contribution in [0.2, 0.25) is 0 Å². The highest BCUT2D eigenvalue weighted by Gasteiger charge is 2.76. The highest BCUT2D eigenvalue weighted by molar-refractivity contribution is 5.96. The number of cyclic esters (lactones) is 2. The Hall–Kier alpha value is -2.45. The monoisotopic (exact) mass is 888 g/mol. The summed E-state index contributed by atoms with van der Waals surface area (Å²) in [6, 6.07) is 0.